The third-order valence-electron chi connectivity index (χ3n) is 6.45. The molecule has 0 heterocycles. The van der Waals surface area contributed by atoms with Crippen molar-refractivity contribution in [1.82, 2.24) is 16.0 Å². The van der Waals surface area contributed by atoms with E-state index in [9.17, 15) is 29.4 Å². The molecule has 9 N–H and O–H groups in total. The maximum atomic E-state index is 13.5. The molecule has 2 aromatic carbocycles. The predicted molar refractivity (Wildman–Crippen MR) is 159 cm³/mol. The maximum absolute atomic E-state index is 13.5. The standard InChI is InChI=1S/C29H41N5O6S/c1-41-16-14-24(29(39)40)33-28(38)25(18-19-7-3-2-4-8-19)34-27(37)23(9-5-6-15-30)32-26(36)22(31)17-20-10-12-21(35)13-11-20/h2-4,7-8,10-13,22-25,35H,5-6,9,14-18,30-31H2,1H3,(H,32,36)(H,33,38)(H,34,37)(H,39,40). The van der Waals surface area contributed by atoms with Crippen molar-refractivity contribution in [1.29, 1.82) is 0 Å². The molecule has 2 rings (SSSR count). The number of carbonyl (C=O) groups excluding carboxylic acids is 3. The second kappa shape index (κ2) is 17.9. The Morgan fingerprint density at radius 3 is 1.98 bits per heavy atom. The number of phenols is 1. The van der Waals surface area contributed by atoms with E-state index in [1.165, 1.54) is 23.9 Å². The van der Waals surface area contributed by atoms with Gasteiger partial charge < -0.3 is 37.6 Å². The minimum atomic E-state index is -1.16. The SMILES string of the molecule is CSCCC(NC(=O)C(Cc1ccccc1)NC(=O)C(CCCCN)NC(=O)C(N)Cc1ccc(O)cc1)C(=O)O. The van der Waals surface area contributed by atoms with E-state index in [2.05, 4.69) is 16.0 Å². The zero-order valence-corrected chi connectivity index (χ0v) is 24.1. The smallest absolute Gasteiger partial charge is 0.326 e. The summed E-state index contributed by atoms with van der Waals surface area (Å²) in [7, 11) is 0. The molecular weight excluding hydrogens is 546 g/mol. The number of nitrogens with two attached hydrogens (primary N) is 2. The molecule has 0 saturated carbocycles. The summed E-state index contributed by atoms with van der Waals surface area (Å²) in [6, 6.07) is 11.2. The normalized spacial score (nSPS) is 13.8. The number of hydrogen-bond donors (Lipinski definition) is 7. The monoisotopic (exact) mass is 587 g/mol. The average Bonchev–Trinajstić information content (AvgIpc) is 2.95. The minimum absolute atomic E-state index is 0.0939. The van der Waals surface area contributed by atoms with Crippen molar-refractivity contribution < 1.29 is 29.4 Å². The number of phenolic OH excluding ortho intramolecular Hbond substituents is 1. The first-order valence-electron chi connectivity index (χ1n) is 13.5. The lowest BCUT2D eigenvalue weighted by Crippen LogP contribution is -2.57. The van der Waals surface area contributed by atoms with E-state index >= 15 is 0 Å². The van der Waals surface area contributed by atoms with Crippen LogP contribution in [0.3, 0.4) is 0 Å². The van der Waals surface area contributed by atoms with Gasteiger partial charge in [0.05, 0.1) is 6.04 Å². The first kappa shape index (κ1) is 33.6. The van der Waals surface area contributed by atoms with Crippen molar-refractivity contribution in [2.75, 3.05) is 18.6 Å². The van der Waals surface area contributed by atoms with Crippen LogP contribution in [0.4, 0.5) is 0 Å². The molecular formula is C29H41N5O6S. The van der Waals surface area contributed by atoms with Crippen LogP contribution in [0.2, 0.25) is 0 Å². The van der Waals surface area contributed by atoms with E-state index in [1.807, 2.05) is 12.3 Å². The van der Waals surface area contributed by atoms with Crippen molar-refractivity contribution in [2.45, 2.75) is 62.7 Å². The van der Waals surface area contributed by atoms with Crippen LogP contribution in [0.25, 0.3) is 0 Å². The number of nitrogens with one attached hydrogen (secondary N) is 3. The Hall–Kier alpha value is -3.61. The van der Waals surface area contributed by atoms with Crippen LogP contribution in [0.5, 0.6) is 5.75 Å². The van der Waals surface area contributed by atoms with Gasteiger partial charge in [-0.25, -0.2) is 4.79 Å². The van der Waals surface area contributed by atoms with Gasteiger partial charge in [0.25, 0.3) is 0 Å². The van der Waals surface area contributed by atoms with Crippen molar-refractivity contribution in [3.8, 4) is 5.75 Å². The highest BCUT2D eigenvalue weighted by Crippen LogP contribution is 2.12. The number of unbranched alkanes of at least 4 members (excludes halogenated alkanes) is 1. The summed E-state index contributed by atoms with van der Waals surface area (Å²) in [6.45, 7) is 0.411. The van der Waals surface area contributed by atoms with Crippen LogP contribution >= 0.6 is 11.8 Å². The Kier molecular flexibility index (Phi) is 14.7. The van der Waals surface area contributed by atoms with Crippen LogP contribution in [0, 0.1) is 0 Å². The van der Waals surface area contributed by atoms with E-state index in [-0.39, 0.29) is 31.4 Å². The van der Waals surface area contributed by atoms with Gasteiger partial charge in [-0.1, -0.05) is 42.5 Å². The number of carboxylic acid groups (broad SMARTS) is 1. The Balaban J connectivity index is 2.19. The van der Waals surface area contributed by atoms with E-state index in [0.29, 0.717) is 25.1 Å². The molecule has 0 saturated heterocycles. The van der Waals surface area contributed by atoms with E-state index in [0.717, 1.165) is 11.1 Å². The number of carboxylic acids is 1. The number of aliphatic carboxylic acids is 1. The molecule has 0 aromatic heterocycles. The zero-order valence-electron chi connectivity index (χ0n) is 23.3. The van der Waals surface area contributed by atoms with Gasteiger partial charge >= 0.3 is 5.97 Å². The molecule has 12 heteroatoms. The Morgan fingerprint density at radius 2 is 1.37 bits per heavy atom. The van der Waals surface area contributed by atoms with Crippen LogP contribution in [-0.4, -0.2) is 76.6 Å². The lowest BCUT2D eigenvalue weighted by molar-refractivity contribution is -0.142. The summed E-state index contributed by atoms with van der Waals surface area (Å²) in [6.07, 6.45) is 3.83. The number of carbonyl (C=O) groups is 4. The third kappa shape index (κ3) is 12.2. The van der Waals surface area contributed by atoms with Crippen molar-refractivity contribution in [2.24, 2.45) is 11.5 Å². The van der Waals surface area contributed by atoms with Gasteiger partial charge in [0.15, 0.2) is 0 Å². The molecule has 2 aromatic rings. The number of hydrogen-bond acceptors (Lipinski definition) is 8. The van der Waals surface area contributed by atoms with Crippen LogP contribution < -0.4 is 27.4 Å². The quantitative estimate of drug-likeness (QED) is 0.124. The molecule has 0 spiro atoms. The fourth-order valence-corrected chi connectivity index (χ4v) is 4.59. The van der Waals surface area contributed by atoms with Gasteiger partial charge in [0.1, 0.15) is 23.9 Å². The molecule has 3 amide bonds. The molecule has 0 radical (unpaired) electrons. The second-order valence-corrected chi connectivity index (χ2v) is 10.7. The number of aromatic hydroxyl groups is 1. The molecule has 0 aliphatic carbocycles. The van der Waals surface area contributed by atoms with Crippen LogP contribution in [0.1, 0.15) is 36.8 Å². The molecule has 11 nitrogen and oxygen atoms in total. The fraction of sp³-hybridized carbons (Fsp3) is 0.448. The summed E-state index contributed by atoms with van der Waals surface area (Å²) in [5, 5.41) is 27.1. The predicted octanol–water partition coefficient (Wildman–Crippen LogP) is 0.926. The summed E-state index contributed by atoms with van der Waals surface area (Å²) in [5.74, 6) is -2.29. The number of thioether (sulfide) groups is 1. The highest BCUT2D eigenvalue weighted by Gasteiger charge is 2.30. The fourth-order valence-electron chi connectivity index (χ4n) is 4.12. The average molecular weight is 588 g/mol. The molecule has 224 valence electrons. The van der Waals surface area contributed by atoms with Gasteiger partial charge in [0, 0.05) is 6.42 Å². The van der Waals surface area contributed by atoms with Crippen molar-refractivity contribution in [3.63, 3.8) is 0 Å². The largest absolute Gasteiger partial charge is 0.508 e. The molecule has 0 fully saturated rings. The highest BCUT2D eigenvalue weighted by molar-refractivity contribution is 7.98. The Labute approximate surface area is 244 Å². The highest BCUT2D eigenvalue weighted by atomic mass is 32.2. The lowest BCUT2D eigenvalue weighted by Gasteiger charge is -2.25. The van der Waals surface area contributed by atoms with Gasteiger partial charge in [-0.3, -0.25) is 14.4 Å². The van der Waals surface area contributed by atoms with E-state index in [1.54, 1.807) is 36.4 Å². The molecule has 0 aliphatic rings. The van der Waals surface area contributed by atoms with E-state index in [4.69, 9.17) is 11.5 Å². The van der Waals surface area contributed by atoms with Gasteiger partial charge in [-0.15, -0.1) is 0 Å². The third-order valence-corrected chi connectivity index (χ3v) is 7.09. The van der Waals surface area contributed by atoms with Crippen molar-refractivity contribution in [3.05, 3.63) is 65.7 Å². The maximum Gasteiger partial charge on any atom is 0.326 e. The lowest BCUT2D eigenvalue weighted by atomic mass is 10.0. The first-order valence-corrected chi connectivity index (χ1v) is 14.9. The summed E-state index contributed by atoms with van der Waals surface area (Å²) in [4.78, 5) is 51.4. The molecule has 4 atom stereocenters. The van der Waals surface area contributed by atoms with Gasteiger partial charge in [0.2, 0.25) is 17.7 Å². The van der Waals surface area contributed by atoms with Gasteiger partial charge in [-0.2, -0.15) is 11.8 Å². The summed E-state index contributed by atoms with van der Waals surface area (Å²) >= 11 is 1.46. The zero-order chi connectivity index (χ0) is 30.2. The molecule has 4 unspecified atom stereocenters. The molecule has 0 aliphatic heterocycles. The summed E-state index contributed by atoms with van der Waals surface area (Å²) < 4.78 is 0. The van der Waals surface area contributed by atoms with Crippen LogP contribution in [-0.2, 0) is 32.0 Å². The number of amides is 3. The minimum Gasteiger partial charge on any atom is -0.508 e. The number of benzene rings is 2. The molecule has 0 bridgehead atoms. The van der Waals surface area contributed by atoms with Crippen LogP contribution in [0.15, 0.2) is 54.6 Å². The topological polar surface area (TPSA) is 197 Å². The number of rotatable bonds is 18. The summed E-state index contributed by atoms with van der Waals surface area (Å²) in [5.41, 5.74) is 13.2. The van der Waals surface area contributed by atoms with Gasteiger partial charge in [-0.05, 0) is 73.9 Å². The molecule has 41 heavy (non-hydrogen) atoms. The second-order valence-electron chi connectivity index (χ2n) is 9.75. The Morgan fingerprint density at radius 1 is 0.780 bits per heavy atom. The van der Waals surface area contributed by atoms with Crippen molar-refractivity contribution >= 4 is 35.5 Å². The van der Waals surface area contributed by atoms with E-state index < -0.39 is 47.9 Å². The first-order chi connectivity index (χ1) is 19.6. The Bertz CT molecular complexity index is 1120.